The van der Waals surface area contributed by atoms with Crippen LogP contribution >= 0.6 is 12.2 Å². The zero-order valence-corrected chi connectivity index (χ0v) is 18.0. The van der Waals surface area contributed by atoms with Gasteiger partial charge in [-0.1, -0.05) is 36.5 Å². The molecule has 0 radical (unpaired) electrons. The third kappa shape index (κ3) is 7.08. The molecule has 0 heterocycles. The van der Waals surface area contributed by atoms with Crippen LogP contribution in [0.4, 0.5) is 0 Å². The van der Waals surface area contributed by atoms with Gasteiger partial charge < -0.3 is 15.2 Å². The van der Waals surface area contributed by atoms with Gasteiger partial charge in [-0.15, -0.1) is 0 Å². The molecule has 3 aromatic carbocycles. The monoisotopic (exact) mass is 462 g/mol. The molecule has 0 spiro atoms. The Kier molecular flexibility index (Phi) is 7.61. The van der Waals surface area contributed by atoms with E-state index in [1.807, 2.05) is 0 Å². The van der Waals surface area contributed by atoms with Crippen molar-refractivity contribution in [1.29, 1.82) is 0 Å². The minimum absolute atomic E-state index is 0.257. The quantitative estimate of drug-likeness (QED) is 0.133. The van der Waals surface area contributed by atoms with Crippen molar-refractivity contribution in [3.63, 3.8) is 0 Å². The van der Waals surface area contributed by atoms with Crippen LogP contribution in [0.25, 0.3) is 6.08 Å². The second kappa shape index (κ2) is 10.8. The Bertz CT molecular complexity index is 1200. The van der Waals surface area contributed by atoms with Gasteiger partial charge in [0.1, 0.15) is 16.5 Å². The van der Waals surface area contributed by atoms with Crippen LogP contribution in [0.15, 0.2) is 78.9 Å². The zero-order chi connectivity index (χ0) is 23.8. The van der Waals surface area contributed by atoms with E-state index in [1.165, 1.54) is 30.3 Å². The molecule has 9 heteroatoms. The molecule has 0 saturated heterocycles. The number of hydrogen-bond donors (Lipinski definition) is 1. The Labute approximate surface area is 194 Å². The lowest BCUT2D eigenvalue weighted by Gasteiger charge is -2.05. The molecular weight excluding hydrogens is 444 g/mol. The molecule has 0 bridgehead atoms. The normalized spacial score (nSPS) is 10.5. The molecule has 3 rings (SSSR count). The summed E-state index contributed by atoms with van der Waals surface area (Å²) in [6.07, 6.45) is 2.83. The van der Waals surface area contributed by atoms with Gasteiger partial charge in [-0.2, -0.15) is 0 Å². The van der Waals surface area contributed by atoms with Gasteiger partial charge in [0.15, 0.2) is 0 Å². The van der Waals surface area contributed by atoms with Gasteiger partial charge in [0.05, 0.1) is 5.56 Å². The third-order valence-corrected chi connectivity index (χ3v) is 4.60. The largest absolute Gasteiger partial charge is 0.423 e. The van der Waals surface area contributed by atoms with Gasteiger partial charge in [-0.05, 0) is 60.2 Å². The summed E-state index contributed by atoms with van der Waals surface area (Å²) < 4.78 is 10.5. The fourth-order valence-electron chi connectivity index (χ4n) is 2.71. The van der Waals surface area contributed by atoms with E-state index in [2.05, 4.69) is 0 Å². The van der Waals surface area contributed by atoms with Gasteiger partial charge in [0.25, 0.3) is 0 Å². The summed E-state index contributed by atoms with van der Waals surface area (Å²) in [6.45, 7) is -0.312. The van der Waals surface area contributed by atoms with Gasteiger partial charge in [-0.25, -0.2) is 9.59 Å². The SMILES string of the molecule is NC(=S)c1ccc(OC(=O)/C=C/c2ccc(OC(=O)c3ccc(C[N+](=O)[O-])cc3)cc2)cc1. The highest BCUT2D eigenvalue weighted by Crippen LogP contribution is 2.17. The highest BCUT2D eigenvalue weighted by atomic mass is 32.1. The number of hydrogen-bond acceptors (Lipinski definition) is 7. The molecule has 8 nitrogen and oxygen atoms in total. The minimum atomic E-state index is -0.587. The smallest absolute Gasteiger partial charge is 0.343 e. The van der Waals surface area contributed by atoms with Crippen molar-refractivity contribution in [2.75, 3.05) is 0 Å². The molecule has 0 saturated carbocycles. The second-order valence-corrected chi connectivity index (χ2v) is 7.23. The molecule has 0 aliphatic rings. The lowest BCUT2D eigenvalue weighted by atomic mass is 10.1. The molecule has 3 aromatic rings. The number of rotatable bonds is 8. The maximum atomic E-state index is 12.2. The molecular formula is C24H18N2O6S. The fraction of sp³-hybridized carbons (Fsp3) is 0.0417. The number of benzene rings is 3. The number of carbonyl (C=O) groups excluding carboxylic acids is 2. The van der Waals surface area contributed by atoms with E-state index in [-0.39, 0.29) is 17.1 Å². The Morgan fingerprint density at radius 1 is 0.879 bits per heavy atom. The summed E-state index contributed by atoms with van der Waals surface area (Å²) in [5.41, 5.74) is 7.66. The van der Waals surface area contributed by atoms with E-state index in [1.54, 1.807) is 54.6 Å². The van der Waals surface area contributed by atoms with Crippen molar-refractivity contribution in [1.82, 2.24) is 0 Å². The van der Waals surface area contributed by atoms with Crippen molar-refractivity contribution >= 4 is 35.2 Å². The Morgan fingerprint density at radius 3 is 2.00 bits per heavy atom. The Hall–Kier alpha value is -4.37. The average molecular weight is 462 g/mol. The highest BCUT2D eigenvalue weighted by Gasteiger charge is 2.10. The second-order valence-electron chi connectivity index (χ2n) is 6.79. The molecule has 166 valence electrons. The number of thiocarbonyl (C=S) groups is 1. The van der Waals surface area contributed by atoms with Crippen LogP contribution in [0.1, 0.15) is 27.0 Å². The zero-order valence-electron chi connectivity index (χ0n) is 17.2. The average Bonchev–Trinajstić information content (AvgIpc) is 2.79. The predicted molar refractivity (Wildman–Crippen MR) is 126 cm³/mol. The van der Waals surface area contributed by atoms with Crippen molar-refractivity contribution in [3.8, 4) is 11.5 Å². The van der Waals surface area contributed by atoms with Crippen LogP contribution < -0.4 is 15.2 Å². The van der Waals surface area contributed by atoms with E-state index < -0.39 is 16.9 Å². The van der Waals surface area contributed by atoms with Gasteiger partial charge >= 0.3 is 11.9 Å². The standard InChI is InChI=1S/C24H18N2O6S/c25-23(33)18-8-12-20(13-9-18)31-22(27)14-5-16-3-10-21(11-4-16)32-24(28)19-6-1-17(2-7-19)15-26(29)30/h1-14H,15H2,(H2,25,33)/b14-5+. The van der Waals surface area contributed by atoms with Gasteiger partial charge in [-0.3, -0.25) is 10.1 Å². The van der Waals surface area contributed by atoms with E-state index in [0.29, 0.717) is 28.2 Å². The predicted octanol–water partition coefficient (Wildman–Crippen LogP) is 3.94. The molecule has 0 aliphatic carbocycles. The molecule has 33 heavy (non-hydrogen) atoms. The number of nitrogens with zero attached hydrogens (tertiary/aromatic N) is 1. The lowest BCUT2D eigenvalue weighted by molar-refractivity contribution is -0.496. The number of nitrogens with two attached hydrogens (primary N) is 1. The summed E-state index contributed by atoms with van der Waals surface area (Å²) >= 11 is 4.87. The van der Waals surface area contributed by atoms with Crippen molar-refractivity contribution in [2.24, 2.45) is 5.73 Å². The van der Waals surface area contributed by atoms with Crippen molar-refractivity contribution < 1.29 is 24.0 Å². The first kappa shape index (κ1) is 23.3. The molecule has 0 amide bonds. The summed E-state index contributed by atoms with van der Waals surface area (Å²) in [6, 6.07) is 19.0. The van der Waals surface area contributed by atoms with Crippen LogP contribution in [-0.4, -0.2) is 21.9 Å². The topological polar surface area (TPSA) is 122 Å². The summed E-state index contributed by atoms with van der Waals surface area (Å²) in [4.78, 5) is 34.6. The maximum absolute atomic E-state index is 12.2. The van der Waals surface area contributed by atoms with Crippen molar-refractivity contribution in [2.45, 2.75) is 6.54 Å². The van der Waals surface area contributed by atoms with Crippen LogP contribution in [-0.2, 0) is 11.3 Å². The fourth-order valence-corrected chi connectivity index (χ4v) is 2.85. The lowest BCUT2D eigenvalue weighted by Crippen LogP contribution is -2.09. The van der Waals surface area contributed by atoms with Gasteiger partial charge in [0, 0.05) is 22.1 Å². The summed E-state index contributed by atoms with van der Waals surface area (Å²) in [5, 5.41) is 10.5. The molecule has 0 fully saturated rings. The molecule has 0 atom stereocenters. The number of esters is 2. The number of nitro groups is 1. The minimum Gasteiger partial charge on any atom is -0.423 e. The molecule has 0 aliphatic heterocycles. The summed E-state index contributed by atoms with van der Waals surface area (Å²) in [7, 11) is 0. The molecule has 2 N–H and O–H groups in total. The molecule has 0 aromatic heterocycles. The maximum Gasteiger partial charge on any atom is 0.343 e. The van der Waals surface area contributed by atoms with E-state index in [4.69, 9.17) is 27.4 Å². The van der Waals surface area contributed by atoms with E-state index >= 15 is 0 Å². The first-order chi connectivity index (χ1) is 15.8. The third-order valence-electron chi connectivity index (χ3n) is 4.36. The van der Waals surface area contributed by atoms with Crippen LogP contribution in [0.5, 0.6) is 11.5 Å². The highest BCUT2D eigenvalue weighted by molar-refractivity contribution is 7.80. The van der Waals surface area contributed by atoms with Crippen LogP contribution in [0.3, 0.4) is 0 Å². The van der Waals surface area contributed by atoms with Crippen LogP contribution in [0, 0.1) is 10.1 Å². The van der Waals surface area contributed by atoms with Crippen LogP contribution in [0.2, 0.25) is 0 Å². The summed E-state index contributed by atoms with van der Waals surface area (Å²) in [5.74, 6) is -0.477. The van der Waals surface area contributed by atoms with Crippen molar-refractivity contribution in [3.05, 3.63) is 111 Å². The Morgan fingerprint density at radius 2 is 1.42 bits per heavy atom. The Balaban J connectivity index is 1.54. The van der Waals surface area contributed by atoms with E-state index in [9.17, 15) is 19.7 Å². The van der Waals surface area contributed by atoms with E-state index in [0.717, 1.165) is 0 Å². The first-order valence-corrected chi connectivity index (χ1v) is 10.0. The van der Waals surface area contributed by atoms with Gasteiger partial charge in [0.2, 0.25) is 6.54 Å². The number of ether oxygens (including phenoxy) is 2. The first-order valence-electron chi connectivity index (χ1n) is 9.63. The molecule has 0 unspecified atom stereocenters. The number of carbonyl (C=O) groups is 2.